The Kier molecular flexibility index (Phi) is 4.88. The highest BCUT2D eigenvalue weighted by atomic mass is 19.4. The van der Waals surface area contributed by atoms with Gasteiger partial charge >= 0.3 is 6.18 Å². The van der Waals surface area contributed by atoms with E-state index in [-0.39, 0.29) is 12.1 Å². The molecule has 0 N–H and O–H groups in total. The highest BCUT2D eigenvalue weighted by Gasteiger charge is 2.33. The number of alkyl halides is 3. The van der Waals surface area contributed by atoms with Crippen LogP contribution in [0.1, 0.15) is 22.6 Å². The first-order chi connectivity index (χ1) is 15.7. The lowest BCUT2D eigenvalue weighted by molar-refractivity contribution is -0.138. The van der Waals surface area contributed by atoms with Gasteiger partial charge in [-0.05, 0) is 37.1 Å². The number of aryl methyl sites for hydroxylation is 3. The van der Waals surface area contributed by atoms with Crippen molar-refractivity contribution < 1.29 is 17.7 Å². The van der Waals surface area contributed by atoms with Crippen LogP contribution in [-0.4, -0.2) is 19.5 Å². The van der Waals surface area contributed by atoms with Crippen LogP contribution in [0.3, 0.4) is 0 Å². The van der Waals surface area contributed by atoms with E-state index in [0.29, 0.717) is 5.76 Å². The predicted molar refractivity (Wildman–Crippen MR) is 120 cm³/mol. The van der Waals surface area contributed by atoms with Crippen LogP contribution in [0.25, 0.3) is 33.2 Å². The Balaban J connectivity index is 1.71. The minimum absolute atomic E-state index is 0.0809. The smallest absolute Gasteiger partial charge is 0.361 e. The lowest BCUT2D eigenvalue weighted by Crippen LogP contribution is -2.11. The summed E-state index contributed by atoms with van der Waals surface area (Å²) in [6, 6.07) is 11.7. The quantitative estimate of drug-likeness (QED) is 0.319. The van der Waals surface area contributed by atoms with Gasteiger partial charge in [0.2, 0.25) is 0 Å². The number of fused-ring (bicyclic) bond motifs is 1. The van der Waals surface area contributed by atoms with Gasteiger partial charge in [-0.1, -0.05) is 35.5 Å². The summed E-state index contributed by atoms with van der Waals surface area (Å²) in [4.78, 5) is 0. The summed E-state index contributed by atoms with van der Waals surface area (Å²) in [7, 11) is 1.83. The lowest BCUT2D eigenvalue weighted by Gasteiger charge is -2.14. The molecular weight excluding hydrogens is 429 g/mol. The van der Waals surface area contributed by atoms with Gasteiger partial charge in [0.15, 0.2) is 0 Å². The van der Waals surface area contributed by atoms with E-state index in [0.717, 1.165) is 44.9 Å². The molecular formula is C25H21F3N4O. The van der Waals surface area contributed by atoms with Crippen LogP contribution in [0.15, 0.2) is 65.6 Å². The fraction of sp³-hybridized carbons (Fsp3) is 0.200. The van der Waals surface area contributed by atoms with Crippen molar-refractivity contribution >= 4 is 10.9 Å². The van der Waals surface area contributed by atoms with E-state index in [4.69, 9.17) is 4.52 Å². The molecule has 0 aliphatic carbocycles. The Labute approximate surface area is 188 Å². The Morgan fingerprint density at radius 1 is 1.00 bits per heavy atom. The number of nitrogens with zero attached hydrogens (tertiary/aromatic N) is 4. The van der Waals surface area contributed by atoms with Crippen molar-refractivity contribution in [3.8, 4) is 22.3 Å². The number of aromatic nitrogens is 4. The summed E-state index contributed by atoms with van der Waals surface area (Å²) >= 11 is 0. The minimum atomic E-state index is -4.42. The van der Waals surface area contributed by atoms with Crippen LogP contribution < -0.4 is 0 Å². The van der Waals surface area contributed by atoms with Gasteiger partial charge < -0.3 is 9.09 Å². The maximum atomic E-state index is 13.6. The third-order valence-electron chi connectivity index (χ3n) is 5.88. The molecule has 5 rings (SSSR count). The average molecular weight is 450 g/mol. The molecule has 0 fully saturated rings. The first-order valence-corrected chi connectivity index (χ1v) is 10.4. The highest BCUT2D eigenvalue weighted by molar-refractivity contribution is 5.98. The molecule has 0 spiro atoms. The van der Waals surface area contributed by atoms with E-state index in [9.17, 15) is 13.2 Å². The molecule has 0 amide bonds. The number of rotatable bonds is 4. The molecule has 0 atom stereocenters. The standard InChI is InChI=1S/C25H21F3N4O/c1-15-24(16(2)33-30-15)17-8-9-20-21(19-11-29-31(3)12-19)14-32(23(20)10-17)13-18-6-4-5-7-22(18)25(26,27)28/h4-12,14H,13H2,1-3H3. The molecule has 0 unspecified atom stereocenters. The fourth-order valence-electron chi connectivity index (χ4n) is 4.38. The monoisotopic (exact) mass is 450 g/mol. The molecule has 3 aromatic heterocycles. The Morgan fingerprint density at radius 3 is 2.45 bits per heavy atom. The fourth-order valence-corrected chi connectivity index (χ4v) is 4.38. The Hall–Kier alpha value is -3.81. The first kappa shape index (κ1) is 21.1. The van der Waals surface area contributed by atoms with Gasteiger partial charge in [0.05, 0.1) is 17.5 Å². The van der Waals surface area contributed by atoms with E-state index in [1.807, 2.05) is 56.1 Å². The number of hydrogen-bond donors (Lipinski definition) is 0. The molecule has 0 bridgehead atoms. The maximum Gasteiger partial charge on any atom is 0.416 e. The molecule has 0 aliphatic rings. The topological polar surface area (TPSA) is 48.8 Å². The van der Waals surface area contributed by atoms with Crippen molar-refractivity contribution in [1.82, 2.24) is 19.5 Å². The Morgan fingerprint density at radius 2 is 1.79 bits per heavy atom. The molecule has 0 saturated carbocycles. The van der Waals surface area contributed by atoms with Gasteiger partial charge in [-0.25, -0.2) is 0 Å². The van der Waals surface area contributed by atoms with Crippen LogP contribution in [0.2, 0.25) is 0 Å². The molecule has 2 aromatic carbocycles. The largest absolute Gasteiger partial charge is 0.416 e. The Bertz CT molecular complexity index is 1450. The van der Waals surface area contributed by atoms with E-state index in [2.05, 4.69) is 10.3 Å². The molecule has 8 heteroatoms. The van der Waals surface area contributed by atoms with Crippen molar-refractivity contribution in [2.24, 2.45) is 7.05 Å². The van der Waals surface area contributed by atoms with E-state index < -0.39 is 11.7 Å². The minimum Gasteiger partial charge on any atom is -0.361 e. The van der Waals surface area contributed by atoms with Crippen molar-refractivity contribution in [3.63, 3.8) is 0 Å². The summed E-state index contributed by atoms with van der Waals surface area (Å²) in [5, 5.41) is 9.23. The third-order valence-corrected chi connectivity index (χ3v) is 5.88. The molecule has 0 radical (unpaired) electrons. The summed E-state index contributed by atoms with van der Waals surface area (Å²) in [5.41, 5.74) is 4.77. The number of hydrogen-bond acceptors (Lipinski definition) is 3. The van der Waals surface area contributed by atoms with Crippen LogP contribution in [-0.2, 0) is 19.8 Å². The average Bonchev–Trinajstić information content (AvgIpc) is 3.45. The summed E-state index contributed by atoms with van der Waals surface area (Å²) < 4.78 is 49.8. The first-order valence-electron chi connectivity index (χ1n) is 10.4. The van der Waals surface area contributed by atoms with Crippen LogP contribution in [0.5, 0.6) is 0 Å². The zero-order chi connectivity index (χ0) is 23.3. The maximum absolute atomic E-state index is 13.6. The molecule has 3 heterocycles. The summed E-state index contributed by atoms with van der Waals surface area (Å²) in [5.74, 6) is 0.694. The van der Waals surface area contributed by atoms with Gasteiger partial charge in [0.1, 0.15) is 5.76 Å². The molecule has 33 heavy (non-hydrogen) atoms. The molecule has 5 nitrogen and oxygen atoms in total. The van der Waals surface area contributed by atoms with Crippen molar-refractivity contribution in [3.05, 3.63) is 83.6 Å². The van der Waals surface area contributed by atoms with E-state index in [1.165, 1.54) is 12.1 Å². The van der Waals surface area contributed by atoms with Crippen molar-refractivity contribution in [2.45, 2.75) is 26.6 Å². The van der Waals surface area contributed by atoms with E-state index in [1.54, 1.807) is 16.9 Å². The second kappa shape index (κ2) is 7.65. The predicted octanol–water partition coefficient (Wildman–Crippen LogP) is 6.38. The van der Waals surface area contributed by atoms with Gasteiger partial charge in [-0.15, -0.1) is 0 Å². The van der Waals surface area contributed by atoms with Crippen molar-refractivity contribution in [1.29, 1.82) is 0 Å². The third kappa shape index (κ3) is 3.71. The number of halogens is 3. The van der Waals surface area contributed by atoms with Crippen LogP contribution >= 0.6 is 0 Å². The van der Waals surface area contributed by atoms with Crippen LogP contribution in [0, 0.1) is 13.8 Å². The van der Waals surface area contributed by atoms with E-state index >= 15 is 0 Å². The SMILES string of the molecule is Cc1noc(C)c1-c1ccc2c(-c3cnn(C)c3)cn(Cc3ccccc3C(F)(F)F)c2c1. The van der Waals surface area contributed by atoms with Gasteiger partial charge in [-0.2, -0.15) is 18.3 Å². The summed E-state index contributed by atoms with van der Waals surface area (Å²) in [6.45, 7) is 3.80. The molecule has 168 valence electrons. The molecule has 0 saturated heterocycles. The molecule has 0 aliphatic heterocycles. The molecule has 5 aromatic rings. The lowest BCUT2D eigenvalue weighted by atomic mass is 10.0. The second-order valence-electron chi connectivity index (χ2n) is 8.16. The normalized spacial score (nSPS) is 12.1. The zero-order valence-corrected chi connectivity index (χ0v) is 18.3. The van der Waals surface area contributed by atoms with Gasteiger partial charge in [0.25, 0.3) is 0 Å². The van der Waals surface area contributed by atoms with Crippen LogP contribution in [0.4, 0.5) is 13.2 Å². The second-order valence-corrected chi connectivity index (χ2v) is 8.16. The van der Waals surface area contributed by atoms with Crippen molar-refractivity contribution in [2.75, 3.05) is 0 Å². The van der Waals surface area contributed by atoms with Gasteiger partial charge in [0, 0.05) is 53.6 Å². The number of benzene rings is 2. The van der Waals surface area contributed by atoms with Gasteiger partial charge in [-0.3, -0.25) is 4.68 Å². The summed E-state index contributed by atoms with van der Waals surface area (Å²) in [6.07, 6.45) is 1.12. The zero-order valence-electron chi connectivity index (χ0n) is 18.3. The highest BCUT2D eigenvalue weighted by Crippen LogP contribution is 2.37.